The number of nitrogens with zero attached hydrogens (tertiary/aromatic N) is 2. The largest absolute Gasteiger partial charge is 0.309 e. The van der Waals surface area contributed by atoms with Gasteiger partial charge in [0.25, 0.3) is 0 Å². The fourth-order valence-corrected chi connectivity index (χ4v) is 9.25. The fraction of sp³-hybridized carbons (Fsp3) is 0. The highest BCUT2D eigenvalue weighted by atomic mass is 32.1. The van der Waals surface area contributed by atoms with E-state index in [1.165, 1.54) is 74.3 Å². The molecule has 0 atom stereocenters. The molecule has 0 aliphatic heterocycles. The molecule has 3 heterocycles. The molecule has 3 aromatic heterocycles. The zero-order valence-electron chi connectivity index (χ0n) is 24.1. The quantitative estimate of drug-likeness (QED) is 0.195. The molecular formula is C41H24N2S2. The number of thiazole rings is 1. The molecule has 45 heavy (non-hydrogen) atoms. The molecule has 0 saturated carbocycles. The third kappa shape index (κ3) is 3.77. The summed E-state index contributed by atoms with van der Waals surface area (Å²) >= 11 is 3.66. The van der Waals surface area contributed by atoms with Crippen molar-refractivity contribution in [2.45, 2.75) is 0 Å². The molecule has 0 unspecified atom stereocenters. The van der Waals surface area contributed by atoms with Crippen LogP contribution in [0.5, 0.6) is 0 Å². The lowest BCUT2D eigenvalue weighted by atomic mass is 10.0. The SMILES string of the molecule is c1ccc2c(c1)ccc1c2c2ccccc2n1-c1ccc(-c2ccc(-c3nc4ccc5sc6ccccc6c5c4s3)cc2)cc1. The number of benzene rings is 7. The van der Waals surface area contributed by atoms with Crippen LogP contribution < -0.4 is 0 Å². The molecule has 0 N–H and O–H groups in total. The second kappa shape index (κ2) is 9.60. The minimum absolute atomic E-state index is 1.06. The Kier molecular flexibility index (Phi) is 5.35. The van der Waals surface area contributed by atoms with E-state index in [4.69, 9.17) is 4.98 Å². The van der Waals surface area contributed by atoms with E-state index in [9.17, 15) is 0 Å². The van der Waals surface area contributed by atoms with Gasteiger partial charge in [0.15, 0.2) is 0 Å². The summed E-state index contributed by atoms with van der Waals surface area (Å²) in [6.07, 6.45) is 0. The monoisotopic (exact) mass is 608 g/mol. The van der Waals surface area contributed by atoms with Crippen molar-refractivity contribution in [3.05, 3.63) is 146 Å². The van der Waals surface area contributed by atoms with E-state index < -0.39 is 0 Å². The minimum atomic E-state index is 1.06. The van der Waals surface area contributed by atoms with Gasteiger partial charge in [-0.05, 0) is 64.4 Å². The molecule has 0 aliphatic carbocycles. The summed E-state index contributed by atoms with van der Waals surface area (Å²) in [7, 11) is 0. The van der Waals surface area contributed by atoms with Gasteiger partial charge >= 0.3 is 0 Å². The van der Waals surface area contributed by atoms with Crippen LogP contribution in [-0.4, -0.2) is 9.55 Å². The van der Waals surface area contributed by atoms with Gasteiger partial charge in [-0.3, -0.25) is 0 Å². The van der Waals surface area contributed by atoms with Gasteiger partial charge in [-0.15, -0.1) is 22.7 Å². The summed E-state index contributed by atoms with van der Waals surface area (Å²) in [6.45, 7) is 0. The van der Waals surface area contributed by atoms with E-state index in [1.807, 2.05) is 11.3 Å². The minimum Gasteiger partial charge on any atom is -0.309 e. The van der Waals surface area contributed by atoms with Gasteiger partial charge in [0, 0.05) is 42.2 Å². The van der Waals surface area contributed by atoms with Crippen LogP contribution in [0.4, 0.5) is 0 Å². The molecule has 0 amide bonds. The maximum Gasteiger partial charge on any atom is 0.124 e. The van der Waals surface area contributed by atoms with E-state index in [-0.39, 0.29) is 0 Å². The van der Waals surface area contributed by atoms with Crippen LogP contribution >= 0.6 is 22.7 Å². The third-order valence-electron chi connectivity index (χ3n) is 9.05. The predicted molar refractivity (Wildman–Crippen MR) is 195 cm³/mol. The summed E-state index contributed by atoms with van der Waals surface area (Å²) in [5.41, 5.74) is 8.25. The first kappa shape index (κ1) is 25.1. The van der Waals surface area contributed by atoms with Crippen molar-refractivity contribution in [2.24, 2.45) is 0 Å². The highest BCUT2D eigenvalue weighted by molar-refractivity contribution is 7.28. The summed E-state index contributed by atoms with van der Waals surface area (Å²) in [4.78, 5) is 5.05. The number of hydrogen-bond acceptors (Lipinski definition) is 3. The molecule has 0 bridgehead atoms. The summed E-state index contributed by atoms with van der Waals surface area (Å²) < 4.78 is 6.33. The van der Waals surface area contributed by atoms with Crippen LogP contribution in [0, 0.1) is 0 Å². The van der Waals surface area contributed by atoms with Gasteiger partial charge in [-0.1, -0.05) is 103 Å². The smallest absolute Gasteiger partial charge is 0.124 e. The van der Waals surface area contributed by atoms with Gasteiger partial charge in [0.1, 0.15) is 5.01 Å². The number of aromatic nitrogens is 2. The number of fused-ring (bicyclic) bond motifs is 10. The van der Waals surface area contributed by atoms with Crippen LogP contribution in [-0.2, 0) is 0 Å². The molecular weight excluding hydrogens is 585 g/mol. The lowest BCUT2D eigenvalue weighted by molar-refractivity contribution is 1.18. The van der Waals surface area contributed by atoms with E-state index in [0.717, 1.165) is 16.1 Å². The Bertz CT molecular complexity index is 2740. The normalized spacial score (nSPS) is 12.0. The van der Waals surface area contributed by atoms with Crippen LogP contribution in [0.1, 0.15) is 0 Å². The standard InChI is InChI=1S/C41H24N2S2/c1-2-8-30-27(7-1)19-23-35-38(30)31-9-3-5-11-34(31)43(35)29-20-17-26(18-21-29)25-13-15-28(16-14-25)41-42-33-22-24-37-39(40(33)45-41)32-10-4-6-12-36(32)44-37/h1-24H. The predicted octanol–water partition coefficient (Wildman–Crippen LogP) is 12.2. The van der Waals surface area contributed by atoms with Gasteiger partial charge in [-0.25, -0.2) is 4.98 Å². The molecule has 0 aliphatic rings. The van der Waals surface area contributed by atoms with Crippen molar-refractivity contribution in [1.29, 1.82) is 0 Å². The van der Waals surface area contributed by atoms with Gasteiger partial charge in [-0.2, -0.15) is 0 Å². The molecule has 0 fully saturated rings. The summed E-state index contributed by atoms with van der Waals surface area (Å²) in [5.74, 6) is 0. The maximum absolute atomic E-state index is 5.05. The zero-order chi connectivity index (χ0) is 29.5. The van der Waals surface area contributed by atoms with Crippen LogP contribution in [0.2, 0.25) is 0 Å². The number of thiophene rings is 1. The zero-order valence-corrected chi connectivity index (χ0v) is 25.7. The Hall–Kier alpha value is -5.29. The van der Waals surface area contributed by atoms with Crippen molar-refractivity contribution in [3.8, 4) is 27.4 Å². The van der Waals surface area contributed by atoms with E-state index in [0.29, 0.717) is 0 Å². The van der Waals surface area contributed by atoms with Crippen molar-refractivity contribution in [1.82, 2.24) is 9.55 Å². The Morgan fingerprint density at radius 2 is 1.13 bits per heavy atom. The second-order valence-electron chi connectivity index (χ2n) is 11.6. The Balaban J connectivity index is 1.02. The van der Waals surface area contributed by atoms with Crippen molar-refractivity contribution >= 4 is 85.6 Å². The van der Waals surface area contributed by atoms with Gasteiger partial charge < -0.3 is 4.57 Å². The van der Waals surface area contributed by atoms with Gasteiger partial charge in [0.2, 0.25) is 0 Å². The molecule has 2 nitrogen and oxygen atoms in total. The van der Waals surface area contributed by atoms with E-state index in [2.05, 4.69) is 150 Å². The first-order valence-electron chi connectivity index (χ1n) is 15.1. The number of rotatable bonds is 3. The van der Waals surface area contributed by atoms with Crippen molar-refractivity contribution in [2.75, 3.05) is 0 Å². The Labute approximate surface area is 267 Å². The number of hydrogen-bond donors (Lipinski definition) is 0. The lowest BCUT2D eigenvalue weighted by Gasteiger charge is -2.10. The highest BCUT2D eigenvalue weighted by Gasteiger charge is 2.16. The molecule has 210 valence electrons. The highest BCUT2D eigenvalue weighted by Crippen LogP contribution is 2.42. The van der Waals surface area contributed by atoms with Crippen molar-refractivity contribution in [3.63, 3.8) is 0 Å². The molecule has 7 aromatic carbocycles. The fourth-order valence-electron chi connectivity index (χ4n) is 6.94. The molecule has 0 radical (unpaired) electrons. The molecule has 10 rings (SSSR count). The van der Waals surface area contributed by atoms with E-state index in [1.54, 1.807) is 11.3 Å². The third-order valence-corrected chi connectivity index (χ3v) is 11.3. The topological polar surface area (TPSA) is 17.8 Å². The Morgan fingerprint density at radius 1 is 0.444 bits per heavy atom. The second-order valence-corrected chi connectivity index (χ2v) is 13.6. The molecule has 0 spiro atoms. The average Bonchev–Trinajstić information content (AvgIpc) is 3.80. The van der Waals surface area contributed by atoms with Crippen LogP contribution in [0.25, 0.3) is 90.4 Å². The van der Waals surface area contributed by atoms with Crippen molar-refractivity contribution < 1.29 is 0 Å². The molecule has 4 heteroatoms. The number of para-hydroxylation sites is 1. The van der Waals surface area contributed by atoms with Crippen LogP contribution in [0.15, 0.2) is 146 Å². The molecule has 10 aromatic rings. The van der Waals surface area contributed by atoms with E-state index >= 15 is 0 Å². The first-order valence-corrected chi connectivity index (χ1v) is 16.8. The average molecular weight is 609 g/mol. The molecule has 0 saturated heterocycles. The van der Waals surface area contributed by atoms with Gasteiger partial charge in [0.05, 0.1) is 21.3 Å². The summed E-state index contributed by atoms with van der Waals surface area (Å²) in [6, 6.07) is 52.8. The summed E-state index contributed by atoms with van der Waals surface area (Å²) in [5, 5.41) is 8.89. The maximum atomic E-state index is 5.05. The first-order chi connectivity index (χ1) is 22.3. The Morgan fingerprint density at radius 3 is 1.98 bits per heavy atom. The van der Waals surface area contributed by atoms with Crippen LogP contribution in [0.3, 0.4) is 0 Å². The lowest BCUT2D eigenvalue weighted by Crippen LogP contribution is -1.93.